The number of rotatable bonds is 0. The first-order valence-corrected chi connectivity index (χ1v) is 4.27. The molecule has 0 amide bonds. The molecule has 0 bridgehead atoms. The maximum absolute atomic E-state index is 3.37. The van der Waals surface area contributed by atoms with E-state index in [2.05, 4.69) is 43.4 Å². The second kappa shape index (κ2) is 2.67. The van der Waals surface area contributed by atoms with Gasteiger partial charge in [0.2, 0.25) is 0 Å². The molecule has 0 radical (unpaired) electrons. The molecule has 1 aromatic rings. The molecule has 1 heterocycles. The van der Waals surface area contributed by atoms with Gasteiger partial charge in [0, 0.05) is 12.2 Å². The fraction of sp³-hybridized carbons (Fsp3) is 0.273. The van der Waals surface area contributed by atoms with Crippen LogP contribution in [-0.4, -0.2) is 6.54 Å². The molecule has 0 unspecified atom stereocenters. The summed E-state index contributed by atoms with van der Waals surface area (Å²) in [4.78, 5) is 0. The molecule has 0 aromatic heterocycles. The van der Waals surface area contributed by atoms with Crippen molar-refractivity contribution in [1.82, 2.24) is 0 Å². The zero-order chi connectivity index (χ0) is 8.55. The van der Waals surface area contributed by atoms with Crippen molar-refractivity contribution in [2.24, 2.45) is 0 Å². The van der Waals surface area contributed by atoms with Gasteiger partial charge in [0.1, 0.15) is 0 Å². The quantitative estimate of drug-likeness (QED) is 0.613. The zero-order valence-corrected chi connectivity index (χ0v) is 7.52. The fourth-order valence-electron chi connectivity index (χ4n) is 1.51. The predicted molar refractivity (Wildman–Crippen MR) is 53.3 cm³/mol. The molecule has 0 fully saturated rings. The first-order chi connectivity index (χ1) is 5.75. The van der Waals surface area contributed by atoms with Gasteiger partial charge in [0.25, 0.3) is 0 Å². The van der Waals surface area contributed by atoms with Crippen molar-refractivity contribution in [2.75, 3.05) is 11.9 Å². The lowest BCUT2D eigenvalue weighted by Gasteiger charge is -2.16. The molecule has 2 rings (SSSR count). The smallest absolute Gasteiger partial charge is 0.0416 e. The highest BCUT2D eigenvalue weighted by Crippen LogP contribution is 2.23. The van der Waals surface area contributed by atoms with Crippen LogP contribution in [0.4, 0.5) is 5.69 Å². The van der Waals surface area contributed by atoms with Gasteiger partial charge in [-0.2, -0.15) is 0 Å². The lowest BCUT2D eigenvalue weighted by molar-refractivity contribution is 1.19. The van der Waals surface area contributed by atoms with Crippen LogP contribution in [0.1, 0.15) is 18.1 Å². The lowest BCUT2D eigenvalue weighted by Crippen LogP contribution is -2.08. The van der Waals surface area contributed by atoms with Gasteiger partial charge in [0.15, 0.2) is 0 Å². The van der Waals surface area contributed by atoms with Gasteiger partial charge in [-0.25, -0.2) is 0 Å². The minimum atomic E-state index is 0.982. The molecule has 1 nitrogen and oxygen atoms in total. The molecule has 0 atom stereocenters. The zero-order valence-electron chi connectivity index (χ0n) is 7.52. The molecule has 1 heteroatoms. The minimum absolute atomic E-state index is 0.982. The minimum Gasteiger partial charge on any atom is -0.381 e. The fourth-order valence-corrected chi connectivity index (χ4v) is 1.51. The average Bonchev–Trinajstić information content (AvgIpc) is 2.03. The van der Waals surface area contributed by atoms with Crippen molar-refractivity contribution in [3.05, 3.63) is 34.9 Å². The topological polar surface area (TPSA) is 12.0 Å². The second-order valence-corrected chi connectivity index (χ2v) is 3.43. The van der Waals surface area contributed by atoms with Crippen molar-refractivity contribution in [3.63, 3.8) is 0 Å². The van der Waals surface area contributed by atoms with E-state index in [0.29, 0.717) is 0 Å². The first kappa shape index (κ1) is 7.41. The lowest BCUT2D eigenvalue weighted by atomic mass is 10.0. The summed E-state index contributed by atoms with van der Waals surface area (Å²) >= 11 is 0. The molecule has 1 N–H and O–H groups in total. The van der Waals surface area contributed by atoms with E-state index in [0.717, 1.165) is 6.54 Å². The Morgan fingerprint density at radius 2 is 2.08 bits per heavy atom. The van der Waals surface area contributed by atoms with E-state index in [4.69, 9.17) is 0 Å². The van der Waals surface area contributed by atoms with Gasteiger partial charge in [-0.1, -0.05) is 23.3 Å². The van der Waals surface area contributed by atoms with Gasteiger partial charge in [-0.15, -0.1) is 0 Å². The molecule has 0 saturated carbocycles. The van der Waals surface area contributed by atoms with Gasteiger partial charge < -0.3 is 5.32 Å². The Kier molecular flexibility index (Phi) is 1.65. The Labute approximate surface area is 73.1 Å². The van der Waals surface area contributed by atoms with Crippen molar-refractivity contribution >= 4 is 11.8 Å². The third kappa shape index (κ3) is 1.22. The van der Waals surface area contributed by atoms with Gasteiger partial charge >= 0.3 is 0 Å². The summed E-state index contributed by atoms with van der Waals surface area (Å²) in [5.74, 6) is 0. The Balaban J connectivity index is 2.53. The van der Waals surface area contributed by atoms with Gasteiger partial charge in [0.05, 0.1) is 0 Å². The SMILES string of the molecule is CC1=Cc2cc(C)ccc2NC1. The molecule has 62 valence electrons. The van der Waals surface area contributed by atoms with Crippen LogP contribution in [0.2, 0.25) is 0 Å². The Morgan fingerprint density at radius 3 is 2.92 bits per heavy atom. The number of hydrogen-bond donors (Lipinski definition) is 1. The standard InChI is InChI=1S/C11H13N/c1-8-3-4-11-10(5-8)6-9(2)7-12-11/h3-6,12H,7H2,1-2H3. The van der Waals surface area contributed by atoms with Crippen LogP contribution in [0.3, 0.4) is 0 Å². The summed E-state index contributed by atoms with van der Waals surface area (Å²) in [6, 6.07) is 6.50. The van der Waals surface area contributed by atoms with Crippen LogP contribution >= 0.6 is 0 Å². The number of anilines is 1. The number of nitrogens with one attached hydrogen (secondary N) is 1. The highest BCUT2D eigenvalue weighted by atomic mass is 14.9. The maximum Gasteiger partial charge on any atom is 0.0416 e. The highest BCUT2D eigenvalue weighted by Gasteiger charge is 2.05. The van der Waals surface area contributed by atoms with Crippen molar-refractivity contribution in [1.29, 1.82) is 0 Å². The van der Waals surface area contributed by atoms with Crippen LogP contribution in [0.15, 0.2) is 23.8 Å². The summed E-state index contributed by atoms with van der Waals surface area (Å²) in [5.41, 5.74) is 5.29. The van der Waals surface area contributed by atoms with Crippen LogP contribution in [-0.2, 0) is 0 Å². The van der Waals surface area contributed by atoms with Gasteiger partial charge in [-0.05, 0) is 31.5 Å². The summed E-state index contributed by atoms with van der Waals surface area (Å²) in [6.07, 6.45) is 2.25. The van der Waals surface area contributed by atoms with Crippen LogP contribution in [0.25, 0.3) is 6.08 Å². The first-order valence-electron chi connectivity index (χ1n) is 4.27. The molecule has 0 aliphatic carbocycles. The summed E-state index contributed by atoms with van der Waals surface area (Å²) in [6.45, 7) is 5.26. The van der Waals surface area contributed by atoms with Crippen molar-refractivity contribution < 1.29 is 0 Å². The van der Waals surface area contributed by atoms with Crippen LogP contribution in [0, 0.1) is 6.92 Å². The summed E-state index contributed by atoms with van der Waals surface area (Å²) in [5, 5.41) is 3.37. The van der Waals surface area contributed by atoms with E-state index < -0.39 is 0 Å². The van der Waals surface area contributed by atoms with Crippen LogP contribution < -0.4 is 5.32 Å². The van der Waals surface area contributed by atoms with Crippen LogP contribution in [0.5, 0.6) is 0 Å². The monoisotopic (exact) mass is 159 g/mol. The Hall–Kier alpha value is -1.24. The molecule has 1 aliphatic rings. The molecule has 0 spiro atoms. The maximum atomic E-state index is 3.37. The average molecular weight is 159 g/mol. The molecule has 0 saturated heterocycles. The summed E-state index contributed by atoms with van der Waals surface area (Å²) in [7, 11) is 0. The van der Waals surface area contributed by atoms with Crippen molar-refractivity contribution in [3.8, 4) is 0 Å². The Morgan fingerprint density at radius 1 is 1.25 bits per heavy atom. The molecular formula is C11H13N. The normalized spacial score (nSPS) is 14.7. The molecular weight excluding hydrogens is 146 g/mol. The number of aryl methyl sites for hydroxylation is 1. The predicted octanol–water partition coefficient (Wildman–Crippen LogP) is 2.82. The Bertz CT molecular complexity index is 337. The van der Waals surface area contributed by atoms with E-state index in [1.165, 1.54) is 22.4 Å². The van der Waals surface area contributed by atoms with E-state index >= 15 is 0 Å². The molecule has 1 aliphatic heterocycles. The second-order valence-electron chi connectivity index (χ2n) is 3.43. The van der Waals surface area contributed by atoms with E-state index in [-0.39, 0.29) is 0 Å². The number of fused-ring (bicyclic) bond motifs is 1. The largest absolute Gasteiger partial charge is 0.381 e. The van der Waals surface area contributed by atoms with Crippen molar-refractivity contribution in [2.45, 2.75) is 13.8 Å². The molecule has 12 heavy (non-hydrogen) atoms. The third-order valence-electron chi connectivity index (χ3n) is 2.17. The third-order valence-corrected chi connectivity index (χ3v) is 2.17. The highest BCUT2D eigenvalue weighted by molar-refractivity contribution is 5.72. The van der Waals surface area contributed by atoms with E-state index in [1.807, 2.05) is 0 Å². The number of benzene rings is 1. The number of hydrogen-bond acceptors (Lipinski definition) is 1. The van der Waals surface area contributed by atoms with E-state index in [9.17, 15) is 0 Å². The van der Waals surface area contributed by atoms with E-state index in [1.54, 1.807) is 0 Å². The summed E-state index contributed by atoms with van der Waals surface area (Å²) < 4.78 is 0. The molecule has 1 aromatic carbocycles. The van der Waals surface area contributed by atoms with Gasteiger partial charge in [-0.3, -0.25) is 0 Å².